The molecule has 0 aromatic heterocycles. The Morgan fingerprint density at radius 3 is 2.32 bits per heavy atom. The highest BCUT2D eigenvalue weighted by Gasteiger charge is 2.30. The summed E-state index contributed by atoms with van der Waals surface area (Å²) in [6.45, 7) is 3.73. The molecule has 1 aliphatic rings. The molecule has 3 aromatic rings. The Hall–Kier alpha value is -3.57. The van der Waals surface area contributed by atoms with Crippen LogP contribution in [0.5, 0.6) is 11.5 Å². The van der Waals surface area contributed by atoms with Crippen LogP contribution in [0.3, 0.4) is 0 Å². The van der Waals surface area contributed by atoms with E-state index in [0.29, 0.717) is 43.4 Å². The molecule has 3 aromatic carbocycles. The minimum atomic E-state index is -3.66. The van der Waals surface area contributed by atoms with Crippen molar-refractivity contribution in [3.63, 3.8) is 0 Å². The first-order chi connectivity index (χ1) is 21.2. The van der Waals surface area contributed by atoms with Gasteiger partial charge in [-0.3, -0.25) is 13.9 Å². The van der Waals surface area contributed by atoms with Gasteiger partial charge in [-0.05, 0) is 48.2 Å². The number of ether oxygens (including phenoxy) is 2. The minimum Gasteiger partial charge on any atom is -0.486 e. The van der Waals surface area contributed by atoms with E-state index in [1.165, 1.54) is 4.31 Å². The number of fused-ring (bicyclic) bond motifs is 1. The van der Waals surface area contributed by atoms with Crippen LogP contribution in [0.1, 0.15) is 43.7 Å². The molecule has 0 radical (unpaired) electrons. The monoisotopic (exact) mass is 685 g/mol. The fraction of sp³-hybridized carbons (Fsp3) is 0.394. The maximum atomic E-state index is 14.0. The average molecular weight is 687 g/mol. The van der Waals surface area contributed by atoms with Gasteiger partial charge in [-0.2, -0.15) is 0 Å². The molecule has 236 valence electrons. The summed E-state index contributed by atoms with van der Waals surface area (Å²) in [4.78, 5) is 29.2. The molecule has 44 heavy (non-hydrogen) atoms. The normalized spacial score (nSPS) is 13.2. The number of benzene rings is 3. The van der Waals surface area contributed by atoms with E-state index in [0.717, 1.165) is 34.7 Å². The first kappa shape index (κ1) is 33.3. The van der Waals surface area contributed by atoms with Crippen LogP contribution < -0.4 is 19.1 Å². The van der Waals surface area contributed by atoms with Gasteiger partial charge in [0.25, 0.3) is 0 Å². The average Bonchev–Trinajstić information content (AvgIpc) is 3.01. The van der Waals surface area contributed by atoms with Crippen molar-refractivity contribution in [2.45, 2.75) is 51.6 Å². The summed E-state index contributed by atoms with van der Waals surface area (Å²) < 4.78 is 39.0. The van der Waals surface area contributed by atoms with Crippen LogP contribution in [0.15, 0.2) is 77.3 Å². The summed E-state index contributed by atoms with van der Waals surface area (Å²) in [5.74, 6) is 0.614. The zero-order chi connectivity index (χ0) is 31.5. The van der Waals surface area contributed by atoms with E-state index >= 15 is 0 Å². The highest BCUT2D eigenvalue weighted by atomic mass is 79.9. The van der Waals surface area contributed by atoms with Crippen molar-refractivity contribution in [1.29, 1.82) is 0 Å². The highest BCUT2D eigenvalue weighted by molar-refractivity contribution is 9.10. The molecule has 0 bridgehead atoms. The van der Waals surface area contributed by atoms with Crippen LogP contribution >= 0.6 is 15.9 Å². The molecule has 0 saturated heterocycles. The zero-order valence-electron chi connectivity index (χ0n) is 25.2. The van der Waals surface area contributed by atoms with Crippen molar-refractivity contribution in [2.24, 2.45) is 0 Å². The third-order valence-corrected chi connectivity index (χ3v) is 9.06. The number of hydrogen-bond acceptors (Lipinski definition) is 6. The second-order valence-corrected chi connectivity index (χ2v) is 13.6. The lowest BCUT2D eigenvalue weighted by Crippen LogP contribution is -2.50. The van der Waals surface area contributed by atoms with Crippen LogP contribution in [-0.4, -0.2) is 63.7 Å². The van der Waals surface area contributed by atoms with Crippen molar-refractivity contribution in [3.05, 3.63) is 88.4 Å². The molecular formula is C33H40BrN3O6S. The van der Waals surface area contributed by atoms with Gasteiger partial charge < -0.3 is 19.7 Å². The number of amides is 2. The van der Waals surface area contributed by atoms with Crippen LogP contribution in [-0.2, 0) is 32.6 Å². The van der Waals surface area contributed by atoms with Crippen molar-refractivity contribution in [1.82, 2.24) is 10.2 Å². The molecule has 1 N–H and O–H groups in total. The summed E-state index contributed by atoms with van der Waals surface area (Å²) in [5.41, 5.74) is 2.27. The number of anilines is 1. The van der Waals surface area contributed by atoms with Gasteiger partial charge in [0.1, 0.15) is 19.3 Å². The van der Waals surface area contributed by atoms with Gasteiger partial charge in [-0.15, -0.1) is 0 Å². The zero-order valence-corrected chi connectivity index (χ0v) is 27.6. The number of unbranched alkanes of at least 4 members (excludes halogenated alkanes) is 1. The maximum Gasteiger partial charge on any atom is 0.243 e. The largest absolute Gasteiger partial charge is 0.486 e. The van der Waals surface area contributed by atoms with Crippen LogP contribution in [0.2, 0.25) is 0 Å². The maximum absolute atomic E-state index is 14.0. The molecule has 0 spiro atoms. The summed E-state index contributed by atoms with van der Waals surface area (Å²) in [6.07, 6.45) is 3.58. The molecule has 0 saturated carbocycles. The van der Waals surface area contributed by atoms with E-state index in [1.54, 1.807) is 23.1 Å². The van der Waals surface area contributed by atoms with E-state index < -0.39 is 16.1 Å². The summed E-state index contributed by atoms with van der Waals surface area (Å²) in [6, 6.07) is 21.6. The Balaban J connectivity index is 1.56. The summed E-state index contributed by atoms with van der Waals surface area (Å²) in [5, 5.41) is 3.02. The predicted octanol–water partition coefficient (Wildman–Crippen LogP) is 5.32. The van der Waals surface area contributed by atoms with E-state index in [-0.39, 0.29) is 37.7 Å². The SMILES string of the molecule is CCCCNC(=O)[C@@H](Cc1ccccc1)N(Cc1ccc(Br)cc1)C(=O)CCCN(c1ccc2c(c1)OCCO2)S(C)(=O)=O. The summed E-state index contributed by atoms with van der Waals surface area (Å²) >= 11 is 3.46. The minimum absolute atomic E-state index is 0.0562. The Labute approximate surface area is 268 Å². The van der Waals surface area contributed by atoms with Gasteiger partial charge in [-0.25, -0.2) is 8.42 Å². The standard InChI is InChI=1S/C33H40BrN3O6S/c1-3-4-18-35-33(39)29(22-25-9-6-5-7-10-25)36(24-26-12-14-27(34)15-13-26)32(38)11-8-19-37(44(2,40)41)28-16-17-30-31(23-28)43-21-20-42-30/h5-7,9-10,12-17,23,29H,3-4,8,11,18-22,24H2,1-2H3,(H,35,39)/t29-/m1/s1. The number of carbonyl (C=O) groups is 2. The third-order valence-electron chi connectivity index (χ3n) is 7.33. The number of halogens is 1. The van der Waals surface area contributed by atoms with E-state index in [4.69, 9.17) is 9.47 Å². The molecule has 4 rings (SSSR count). The first-order valence-electron chi connectivity index (χ1n) is 14.9. The predicted molar refractivity (Wildman–Crippen MR) is 175 cm³/mol. The molecule has 11 heteroatoms. The van der Waals surface area contributed by atoms with Gasteiger partial charge in [0.15, 0.2) is 11.5 Å². The lowest BCUT2D eigenvalue weighted by atomic mass is 10.0. The highest BCUT2D eigenvalue weighted by Crippen LogP contribution is 2.35. The molecule has 0 unspecified atom stereocenters. The Bertz CT molecular complexity index is 1500. The number of nitrogens with one attached hydrogen (secondary N) is 1. The fourth-order valence-electron chi connectivity index (χ4n) is 5.04. The molecule has 0 fully saturated rings. The number of carbonyl (C=O) groups excluding carboxylic acids is 2. The lowest BCUT2D eigenvalue weighted by Gasteiger charge is -2.32. The first-order valence-corrected chi connectivity index (χ1v) is 17.5. The van der Waals surface area contributed by atoms with Gasteiger partial charge in [0.05, 0.1) is 11.9 Å². The molecular weight excluding hydrogens is 646 g/mol. The summed E-state index contributed by atoms with van der Waals surface area (Å²) in [7, 11) is -3.66. The number of sulfonamides is 1. The fourth-order valence-corrected chi connectivity index (χ4v) is 6.26. The smallest absolute Gasteiger partial charge is 0.243 e. The second kappa shape index (κ2) is 15.9. The van der Waals surface area contributed by atoms with E-state index in [2.05, 4.69) is 28.2 Å². The molecule has 1 heterocycles. The van der Waals surface area contributed by atoms with Gasteiger partial charge in [0.2, 0.25) is 21.8 Å². The number of rotatable bonds is 15. The molecule has 1 aliphatic heterocycles. The van der Waals surface area contributed by atoms with E-state index in [9.17, 15) is 18.0 Å². The van der Waals surface area contributed by atoms with Crippen molar-refractivity contribution < 1.29 is 27.5 Å². The topological polar surface area (TPSA) is 105 Å². The number of hydrogen-bond donors (Lipinski definition) is 1. The number of nitrogens with zero attached hydrogens (tertiary/aromatic N) is 2. The Morgan fingerprint density at radius 1 is 0.932 bits per heavy atom. The molecule has 2 amide bonds. The van der Waals surface area contributed by atoms with E-state index in [1.807, 2.05) is 54.6 Å². The molecule has 1 atom stereocenters. The molecule has 0 aliphatic carbocycles. The van der Waals surface area contributed by atoms with Crippen molar-refractivity contribution in [2.75, 3.05) is 36.9 Å². The second-order valence-electron chi connectivity index (χ2n) is 10.8. The third kappa shape index (κ3) is 9.46. The van der Waals surface area contributed by atoms with Gasteiger partial charge >= 0.3 is 0 Å². The van der Waals surface area contributed by atoms with Gasteiger partial charge in [-0.1, -0.05) is 71.7 Å². The Kier molecular flexibility index (Phi) is 12.1. The van der Waals surface area contributed by atoms with Crippen LogP contribution in [0.4, 0.5) is 5.69 Å². The van der Waals surface area contributed by atoms with Crippen molar-refractivity contribution in [3.8, 4) is 11.5 Å². The van der Waals surface area contributed by atoms with Crippen LogP contribution in [0.25, 0.3) is 0 Å². The van der Waals surface area contributed by atoms with Crippen LogP contribution in [0, 0.1) is 0 Å². The Morgan fingerprint density at radius 2 is 1.64 bits per heavy atom. The van der Waals surface area contributed by atoms with Gasteiger partial charge in [0, 0.05) is 43.0 Å². The molecule has 9 nitrogen and oxygen atoms in total. The van der Waals surface area contributed by atoms with Crippen molar-refractivity contribution >= 4 is 43.5 Å². The lowest BCUT2D eigenvalue weighted by molar-refractivity contribution is -0.141. The quantitative estimate of drug-likeness (QED) is 0.217.